The molecule has 15 heavy (non-hydrogen) atoms. The van der Waals surface area contributed by atoms with Crippen LogP contribution in [0.15, 0.2) is 12.1 Å². The number of nitrogens with zero attached hydrogens (tertiary/aromatic N) is 3. The standard InChI is InChI=1S/C9H10N4O2/c1-13(5-9(14)15)8-3-2-6(11)7(4-10)12-8/h2-3H,5,11H2,1H3,(H,14,15). The fraction of sp³-hybridized carbons (Fsp3) is 0.222. The zero-order chi connectivity index (χ0) is 11.4. The molecule has 78 valence electrons. The van der Waals surface area contributed by atoms with Crippen molar-refractivity contribution in [2.75, 3.05) is 24.2 Å². The Labute approximate surface area is 86.6 Å². The molecule has 0 saturated heterocycles. The largest absolute Gasteiger partial charge is 0.480 e. The van der Waals surface area contributed by atoms with Gasteiger partial charge in [0.1, 0.15) is 18.4 Å². The van der Waals surface area contributed by atoms with Gasteiger partial charge in [0.05, 0.1) is 5.69 Å². The molecular weight excluding hydrogens is 196 g/mol. The van der Waals surface area contributed by atoms with Crippen LogP contribution in [0.25, 0.3) is 0 Å². The minimum Gasteiger partial charge on any atom is -0.480 e. The molecule has 0 spiro atoms. The number of rotatable bonds is 3. The molecule has 0 amide bonds. The number of hydrogen-bond acceptors (Lipinski definition) is 5. The first-order valence-electron chi connectivity index (χ1n) is 4.14. The number of hydrogen-bond donors (Lipinski definition) is 2. The Hall–Kier alpha value is -2.29. The maximum Gasteiger partial charge on any atom is 0.323 e. The third-order valence-electron chi connectivity index (χ3n) is 1.78. The Balaban J connectivity index is 2.96. The van der Waals surface area contributed by atoms with Crippen molar-refractivity contribution in [2.45, 2.75) is 0 Å². The number of anilines is 2. The second-order valence-electron chi connectivity index (χ2n) is 2.97. The molecule has 1 aromatic rings. The maximum atomic E-state index is 10.4. The minimum atomic E-state index is -0.963. The smallest absolute Gasteiger partial charge is 0.323 e. The molecule has 3 N–H and O–H groups in total. The summed E-state index contributed by atoms with van der Waals surface area (Å²) in [4.78, 5) is 15.8. The van der Waals surface area contributed by atoms with Gasteiger partial charge in [-0.1, -0.05) is 0 Å². The molecule has 0 aliphatic carbocycles. The monoisotopic (exact) mass is 206 g/mol. The van der Waals surface area contributed by atoms with Gasteiger partial charge in [0, 0.05) is 7.05 Å². The lowest BCUT2D eigenvalue weighted by atomic mass is 10.3. The van der Waals surface area contributed by atoms with E-state index in [-0.39, 0.29) is 17.9 Å². The van der Waals surface area contributed by atoms with Gasteiger partial charge in [-0.15, -0.1) is 0 Å². The number of nitriles is 1. The van der Waals surface area contributed by atoms with Crippen LogP contribution in [0, 0.1) is 11.3 Å². The molecule has 6 nitrogen and oxygen atoms in total. The number of aliphatic carboxylic acids is 1. The number of nitrogen functional groups attached to an aromatic ring is 1. The Morgan fingerprint density at radius 3 is 2.93 bits per heavy atom. The Bertz CT molecular complexity index is 425. The van der Waals surface area contributed by atoms with Crippen molar-refractivity contribution in [2.24, 2.45) is 0 Å². The summed E-state index contributed by atoms with van der Waals surface area (Å²) < 4.78 is 0. The molecule has 0 unspecified atom stereocenters. The molecule has 1 aromatic heterocycles. The van der Waals surface area contributed by atoms with Gasteiger partial charge in [-0.3, -0.25) is 4.79 Å². The average molecular weight is 206 g/mol. The highest BCUT2D eigenvalue weighted by molar-refractivity contribution is 5.73. The van der Waals surface area contributed by atoms with Gasteiger partial charge in [-0.05, 0) is 12.1 Å². The lowest BCUT2D eigenvalue weighted by Crippen LogP contribution is -2.26. The summed E-state index contributed by atoms with van der Waals surface area (Å²) in [6.07, 6.45) is 0. The summed E-state index contributed by atoms with van der Waals surface area (Å²) in [7, 11) is 1.58. The predicted molar refractivity (Wildman–Crippen MR) is 54.3 cm³/mol. The first-order valence-corrected chi connectivity index (χ1v) is 4.14. The molecule has 1 heterocycles. The van der Waals surface area contributed by atoms with Gasteiger partial charge in [-0.25, -0.2) is 4.98 Å². The van der Waals surface area contributed by atoms with Crippen molar-refractivity contribution < 1.29 is 9.90 Å². The van der Waals surface area contributed by atoms with E-state index in [2.05, 4.69) is 4.98 Å². The summed E-state index contributed by atoms with van der Waals surface area (Å²) >= 11 is 0. The fourth-order valence-corrected chi connectivity index (χ4v) is 1.05. The van der Waals surface area contributed by atoms with Crippen LogP contribution in [-0.4, -0.2) is 29.7 Å². The fourth-order valence-electron chi connectivity index (χ4n) is 1.05. The van der Waals surface area contributed by atoms with Crippen molar-refractivity contribution in [1.29, 1.82) is 5.26 Å². The van der Waals surface area contributed by atoms with E-state index in [1.165, 1.54) is 11.0 Å². The quantitative estimate of drug-likeness (QED) is 0.724. The van der Waals surface area contributed by atoms with Crippen LogP contribution in [0.3, 0.4) is 0 Å². The molecule has 0 aromatic carbocycles. The molecule has 0 aliphatic heterocycles. The number of carbonyl (C=O) groups is 1. The molecule has 1 rings (SSSR count). The predicted octanol–water partition coefficient (Wildman–Crippen LogP) is 0.0563. The highest BCUT2D eigenvalue weighted by atomic mass is 16.4. The number of nitrogens with two attached hydrogens (primary N) is 1. The van der Waals surface area contributed by atoms with Crippen molar-refractivity contribution in [3.8, 4) is 6.07 Å². The van der Waals surface area contributed by atoms with Gasteiger partial charge in [0.2, 0.25) is 0 Å². The van der Waals surface area contributed by atoms with E-state index < -0.39 is 5.97 Å². The molecule has 0 saturated carbocycles. The Morgan fingerprint density at radius 2 is 2.40 bits per heavy atom. The molecular formula is C9H10N4O2. The summed E-state index contributed by atoms with van der Waals surface area (Å²) in [5.74, 6) is -0.558. The molecule has 0 radical (unpaired) electrons. The second kappa shape index (κ2) is 4.28. The minimum absolute atomic E-state index is 0.102. The Morgan fingerprint density at radius 1 is 1.73 bits per heavy atom. The lowest BCUT2D eigenvalue weighted by Gasteiger charge is -2.15. The molecule has 0 aliphatic rings. The first kappa shape index (κ1) is 10.8. The van der Waals surface area contributed by atoms with E-state index in [0.29, 0.717) is 5.82 Å². The number of carboxylic acids is 1. The van der Waals surface area contributed by atoms with Crippen molar-refractivity contribution in [1.82, 2.24) is 4.98 Å². The third-order valence-corrected chi connectivity index (χ3v) is 1.78. The molecule has 6 heteroatoms. The van der Waals surface area contributed by atoms with Crippen LogP contribution < -0.4 is 10.6 Å². The average Bonchev–Trinajstić information content (AvgIpc) is 2.17. The summed E-state index contributed by atoms with van der Waals surface area (Å²) in [6.45, 7) is -0.179. The van der Waals surface area contributed by atoms with Crippen LogP contribution in [0.1, 0.15) is 5.69 Å². The number of likely N-dealkylation sites (N-methyl/N-ethyl adjacent to an activating group) is 1. The highest BCUT2D eigenvalue weighted by Gasteiger charge is 2.09. The van der Waals surface area contributed by atoms with Gasteiger partial charge in [0.15, 0.2) is 5.69 Å². The highest BCUT2D eigenvalue weighted by Crippen LogP contribution is 2.14. The van der Waals surface area contributed by atoms with Crippen molar-refractivity contribution in [3.05, 3.63) is 17.8 Å². The topological polar surface area (TPSA) is 103 Å². The van der Waals surface area contributed by atoms with Gasteiger partial charge >= 0.3 is 5.97 Å². The molecule has 0 fully saturated rings. The molecule has 0 atom stereocenters. The zero-order valence-electron chi connectivity index (χ0n) is 8.14. The summed E-state index contributed by atoms with van der Waals surface area (Å²) in [5, 5.41) is 17.2. The van der Waals surface area contributed by atoms with E-state index >= 15 is 0 Å². The number of pyridine rings is 1. The van der Waals surface area contributed by atoms with E-state index in [0.717, 1.165) is 0 Å². The zero-order valence-corrected chi connectivity index (χ0v) is 8.14. The van der Waals surface area contributed by atoms with Crippen LogP contribution in [0.2, 0.25) is 0 Å². The summed E-state index contributed by atoms with van der Waals surface area (Å²) in [6, 6.07) is 4.93. The van der Waals surface area contributed by atoms with Crippen LogP contribution in [0.5, 0.6) is 0 Å². The summed E-state index contributed by atoms with van der Waals surface area (Å²) in [5.41, 5.74) is 5.87. The van der Waals surface area contributed by atoms with Crippen molar-refractivity contribution in [3.63, 3.8) is 0 Å². The Kier molecular flexibility index (Phi) is 3.08. The van der Waals surface area contributed by atoms with Crippen LogP contribution in [0.4, 0.5) is 11.5 Å². The van der Waals surface area contributed by atoms with E-state index in [9.17, 15) is 4.79 Å². The normalized spacial score (nSPS) is 9.33. The maximum absolute atomic E-state index is 10.4. The number of aromatic nitrogens is 1. The number of carboxylic acid groups (broad SMARTS) is 1. The van der Waals surface area contributed by atoms with Crippen molar-refractivity contribution >= 4 is 17.5 Å². The first-order chi connectivity index (χ1) is 7.04. The molecule has 0 bridgehead atoms. The van der Waals surface area contributed by atoms with Gasteiger partial charge < -0.3 is 15.7 Å². The lowest BCUT2D eigenvalue weighted by molar-refractivity contribution is -0.135. The van der Waals surface area contributed by atoms with Crippen LogP contribution >= 0.6 is 0 Å². The van der Waals surface area contributed by atoms with E-state index in [4.69, 9.17) is 16.1 Å². The SMILES string of the molecule is CN(CC(=O)O)c1ccc(N)c(C#N)n1. The second-order valence-corrected chi connectivity index (χ2v) is 2.97. The van der Waals surface area contributed by atoms with Gasteiger partial charge in [0.25, 0.3) is 0 Å². The third kappa shape index (κ3) is 2.57. The van der Waals surface area contributed by atoms with Crippen LogP contribution in [-0.2, 0) is 4.79 Å². The van der Waals surface area contributed by atoms with E-state index in [1.54, 1.807) is 13.1 Å². The van der Waals surface area contributed by atoms with E-state index in [1.807, 2.05) is 6.07 Å². The van der Waals surface area contributed by atoms with Gasteiger partial charge in [-0.2, -0.15) is 5.26 Å².